The Labute approximate surface area is 118 Å². The van der Waals surface area contributed by atoms with Crippen LogP contribution in [0.3, 0.4) is 0 Å². The van der Waals surface area contributed by atoms with E-state index in [0.29, 0.717) is 0 Å². The fourth-order valence-electron chi connectivity index (χ4n) is 1.63. The third-order valence-corrected chi connectivity index (χ3v) is 5.34. The van der Waals surface area contributed by atoms with Gasteiger partial charge in [-0.3, -0.25) is 0 Å². The van der Waals surface area contributed by atoms with Crippen LogP contribution in [0.5, 0.6) is 5.75 Å². The molecule has 2 aromatic heterocycles. The van der Waals surface area contributed by atoms with Gasteiger partial charge in [0.15, 0.2) is 0 Å². The predicted octanol–water partition coefficient (Wildman–Crippen LogP) is 4.28. The van der Waals surface area contributed by atoms with Crippen molar-refractivity contribution in [2.45, 2.75) is 13.0 Å². The van der Waals surface area contributed by atoms with Crippen LogP contribution in [0.15, 0.2) is 27.4 Å². The first-order valence-electron chi connectivity index (χ1n) is 5.35. The van der Waals surface area contributed by atoms with Crippen LogP contribution in [0.1, 0.15) is 22.7 Å². The summed E-state index contributed by atoms with van der Waals surface area (Å²) in [5, 5.41) is 7.66. The Balaban J connectivity index is 2.32. The lowest BCUT2D eigenvalue weighted by molar-refractivity contribution is 0.416. The molecule has 0 aliphatic carbocycles. The molecular weight excluding hydrogens is 318 g/mol. The fourth-order valence-corrected chi connectivity index (χ4v) is 4.34. The molecule has 0 aliphatic heterocycles. The van der Waals surface area contributed by atoms with Gasteiger partial charge in [0, 0.05) is 19.6 Å². The minimum Gasteiger partial charge on any atom is -0.496 e. The van der Waals surface area contributed by atoms with Crippen LogP contribution in [0.2, 0.25) is 0 Å². The summed E-state index contributed by atoms with van der Waals surface area (Å²) in [6.07, 6.45) is 0. The topological polar surface area (TPSA) is 21.3 Å². The highest BCUT2D eigenvalue weighted by Crippen LogP contribution is 2.37. The number of ether oxygens (including phenoxy) is 1. The molecule has 0 saturated carbocycles. The minimum absolute atomic E-state index is 0.253. The Morgan fingerprint density at radius 3 is 2.82 bits per heavy atom. The maximum absolute atomic E-state index is 5.25. The monoisotopic (exact) mass is 331 g/mol. The number of hydrogen-bond acceptors (Lipinski definition) is 4. The van der Waals surface area contributed by atoms with Gasteiger partial charge in [-0.15, -0.1) is 22.7 Å². The van der Waals surface area contributed by atoms with Crippen LogP contribution >= 0.6 is 38.6 Å². The van der Waals surface area contributed by atoms with E-state index < -0.39 is 0 Å². The molecule has 92 valence electrons. The van der Waals surface area contributed by atoms with Gasteiger partial charge in [-0.1, -0.05) is 6.92 Å². The van der Waals surface area contributed by atoms with Gasteiger partial charge in [-0.2, -0.15) is 0 Å². The van der Waals surface area contributed by atoms with Crippen molar-refractivity contribution in [2.75, 3.05) is 13.7 Å². The highest BCUT2D eigenvalue weighted by Gasteiger charge is 2.19. The van der Waals surface area contributed by atoms with Gasteiger partial charge in [0.05, 0.1) is 13.2 Å². The molecule has 0 saturated heterocycles. The first-order valence-corrected chi connectivity index (χ1v) is 7.90. The summed E-state index contributed by atoms with van der Waals surface area (Å²) < 4.78 is 6.41. The van der Waals surface area contributed by atoms with Crippen LogP contribution < -0.4 is 10.1 Å². The zero-order chi connectivity index (χ0) is 12.3. The lowest BCUT2D eigenvalue weighted by Crippen LogP contribution is -2.20. The molecule has 0 radical (unpaired) electrons. The smallest absolute Gasteiger partial charge is 0.129 e. The lowest BCUT2D eigenvalue weighted by Gasteiger charge is -2.15. The van der Waals surface area contributed by atoms with E-state index in [2.05, 4.69) is 45.7 Å². The summed E-state index contributed by atoms with van der Waals surface area (Å²) in [5.41, 5.74) is 0. The first-order chi connectivity index (χ1) is 8.26. The van der Waals surface area contributed by atoms with Crippen LogP contribution in [-0.2, 0) is 0 Å². The molecule has 0 aliphatic rings. The molecule has 0 amide bonds. The minimum atomic E-state index is 0.253. The van der Waals surface area contributed by atoms with Crippen LogP contribution in [0.4, 0.5) is 0 Å². The summed E-state index contributed by atoms with van der Waals surface area (Å²) >= 11 is 7.10. The maximum atomic E-state index is 5.25. The molecule has 2 aromatic rings. The number of thiophene rings is 2. The number of rotatable bonds is 5. The molecule has 0 bridgehead atoms. The van der Waals surface area contributed by atoms with Crippen LogP contribution in [0.25, 0.3) is 0 Å². The van der Waals surface area contributed by atoms with E-state index in [1.54, 1.807) is 29.8 Å². The second kappa shape index (κ2) is 6.00. The Hall–Kier alpha value is -0.360. The van der Waals surface area contributed by atoms with Gasteiger partial charge in [0.1, 0.15) is 5.75 Å². The van der Waals surface area contributed by atoms with Crippen molar-refractivity contribution >= 4 is 38.6 Å². The van der Waals surface area contributed by atoms with E-state index in [1.807, 2.05) is 5.38 Å². The normalized spacial score (nSPS) is 12.6. The number of halogens is 1. The molecule has 5 heteroatoms. The quantitative estimate of drug-likeness (QED) is 0.882. The van der Waals surface area contributed by atoms with E-state index in [9.17, 15) is 0 Å². The largest absolute Gasteiger partial charge is 0.496 e. The summed E-state index contributed by atoms with van der Waals surface area (Å²) in [5.74, 6) is 0.931. The number of hydrogen-bond donors (Lipinski definition) is 1. The maximum Gasteiger partial charge on any atom is 0.129 e. The van der Waals surface area contributed by atoms with Gasteiger partial charge >= 0.3 is 0 Å². The van der Waals surface area contributed by atoms with E-state index >= 15 is 0 Å². The lowest BCUT2D eigenvalue weighted by atomic mass is 10.2. The second-order valence-corrected chi connectivity index (χ2v) is 6.26. The van der Waals surface area contributed by atoms with Gasteiger partial charge < -0.3 is 10.1 Å². The summed E-state index contributed by atoms with van der Waals surface area (Å²) in [6, 6.07) is 4.45. The van der Waals surface area contributed by atoms with Crippen molar-refractivity contribution in [3.8, 4) is 5.75 Å². The molecule has 1 unspecified atom stereocenters. The molecule has 0 aromatic carbocycles. The second-order valence-electron chi connectivity index (χ2n) is 3.51. The first kappa shape index (κ1) is 13.1. The van der Waals surface area contributed by atoms with E-state index in [-0.39, 0.29) is 6.04 Å². The van der Waals surface area contributed by atoms with Gasteiger partial charge in [0.25, 0.3) is 0 Å². The zero-order valence-corrected chi connectivity index (χ0v) is 12.9. The SMILES string of the molecule is CCNC(c1cc(OC)cs1)c1sccc1Br. The van der Waals surface area contributed by atoms with Gasteiger partial charge in [-0.25, -0.2) is 0 Å². The van der Waals surface area contributed by atoms with E-state index in [4.69, 9.17) is 4.74 Å². The number of methoxy groups -OCH3 is 1. The molecular formula is C12H14BrNOS2. The fraction of sp³-hybridized carbons (Fsp3) is 0.333. The third kappa shape index (κ3) is 2.91. The van der Waals surface area contributed by atoms with Crippen molar-refractivity contribution in [3.05, 3.63) is 37.1 Å². The zero-order valence-electron chi connectivity index (χ0n) is 9.70. The Morgan fingerprint density at radius 2 is 2.29 bits per heavy atom. The summed E-state index contributed by atoms with van der Waals surface area (Å²) in [6.45, 7) is 3.06. The van der Waals surface area contributed by atoms with Gasteiger partial charge in [-0.05, 0) is 40.0 Å². The Bertz CT molecular complexity index is 480. The van der Waals surface area contributed by atoms with Gasteiger partial charge in [0.2, 0.25) is 0 Å². The van der Waals surface area contributed by atoms with Crippen LogP contribution in [0, 0.1) is 0 Å². The average molecular weight is 332 g/mol. The molecule has 2 rings (SSSR count). The molecule has 0 fully saturated rings. The average Bonchev–Trinajstić information content (AvgIpc) is 2.95. The standard InChI is InChI=1S/C12H14BrNOS2/c1-3-14-11(12-9(13)4-5-16-12)10-6-8(15-2)7-17-10/h4-7,11,14H,3H2,1-2H3. The summed E-state index contributed by atoms with van der Waals surface area (Å²) in [4.78, 5) is 2.60. The predicted molar refractivity (Wildman–Crippen MR) is 78.4 cm³/mol. The molecule has 2 heterocycles. The van der Waals surface area contributed by atoms with Crippen molar-refractivity contribution < 1.29 is 4.74 Å². The highest BCUT2D eigenvalue weighted by atomic mass is 79.9. The Kier molecular flexibility index (Phi) is 4.62. The molecule has 0 spiro atoms. The number of nitrogens with one attached hydrogen (secondary N) is 1. The van der Waals surface area contributed by atoms with E-state index in [1.165, 1.54) is 14.2 Å². The van der Waals surface area contributed by atoms with Crippen molar-refractivity contribution in [1.82, 2.24) is 5.32 Å². The van der Waals surface area contributed by atoms with Crippen LogP contribution in [-0.4, -0.2) is 13.7 Å². The van der Waals surface area contributed by atoms with E-state index in [0.717, 1.165) is 12.3 Å². The molecule has 1 N–H and O–H groups in total. The molecule has 2 nitrogen and oxygen atoms in total. The summed E-state index contributed by atoms with van der Waals surface area (Å²) in [7, 11) is 1.70. The van der Waals surface area contributed by atoms with Crippen molar-refractivity contribution in [1.29, 1.82) is 0 Å². The molecule has 17 heavy (non-hydrogen) atoms. The van der Waals surface area contributed by atoms with Crippen molar-refractivity contribution in [3.63, 3.8) is 0 Å². The van der Waals surface area contributed by atoms with Crippen molar-refractivity contribution in [2.24, 2.45) is 0 Å². The third-order valence-electron chi connectivity index (χ3n) is 2.43. The highest BCUT2D eigenvalue weighted by molar-refractivity contribution is 9.10. The Morgan fingerprint density at radius 1 is 1.47 bits per heavy atom. The molecule has 1 atom stereocenters.